The van der Waals surface area contributed by atoms with Crippen LogP contribution >= 0.6 is 23.2 Å². The van der Waals surface area contributed by atoms with E-state index in [2.05, 4.69) is 36.1 Å². The quantitative estimate of drug-likeness (QED) is 0.269. The summed E-state index contributed by atoms with van der Waals surface area (Å²) in [5.41, 5.74) is 2.06. The van der Waals surface area contributed by atoms with Crippen molar-refractivity contribution in [1.29, 1.82) is 0 Å². The van der Waals surface area contributed by atoms with E-state index in [9.17, 15) is 14.0 Å². The molecule has 3 heterocycles. The van der Waals surface area contributed by atoms with Gasteiger partial charge in [0, 0.05) is 11.6 Å². The molecule has 0 atom stereocenters. The Morgan fingerprint density at radius 3 is 2.50 bits per heavy atom. The number of hydrogen-bond acceptors (Lipinski definition) is 6. The second-order valence-electron chi connectivity index (χ2n) is 7.93. The predicted molar refractivity (Wildman–Crippen MR) is 139 cm³/mol. The minimum absolute atomic E-state index is 0.0612. The Hall–Kier alpha value is -4.61. The van der Waals surface area contributed by atoms with Crippen LogP contribution in [0.15, 0.2) is 73.1 Å². The van der Waals surface area contributed by atoms with Gasteiger partial charge in [-0.2, -0.15) is 20.5 Å². The zero-order valence-corrected chi connectivity index (χ0v) is 20.8. The van der Waals surface area contributed by atoms with E-state index in [-0.39, 0.29) is 33.7 Å². The third-order valence-electron chi connectivity index (χ3n) is 5.38. The summed E-state index contributed by atoms with van der Waals surface area (Å²) in [5, 5.41) is 20.3. The average molecular weight is 551 g/mol. The molecular weight excluding hydrogens is 534 g/mol. The molecule has 38 heavy (non-hydrogen) atoms. The summed E-state index contributed by atoms with van der Waals surface area (Å²) in [4.78, 5) is 30.2. The molecule has 2 aromatic carbocycles. The van der Waals surface area contributed by atoms with E-state index in [0.29, 0.717) is 22.6 Å². The monoisotopic (exact) mass is 550 g/mol. The van der Waals surface area contributed by atoms with Crippen molar-refractivity contribution in [1.82, 2.24) is 35.5 Å². The first-order chi connectivity index (χ1) is 18.4. The van der Waals surface area contributed by atoms with Crippen molar-refractivity contribution in [3.8, 4) is 16.9 Å². The van der Waals surface area contributed by atoms with Crippen LogP contribution in [0.3, 0.4) is 0 Å². The predicted octanol–water partition coefficient (Wildman–Crippen LogP) is 4.68. The fourth-order valence-electron chi connectivity index (χ4n) is 3.56. The zero-order valence-electron chi connectivity index (χ0n) is 19.3. The van der Waals surface area contributed by atoms with E-state index >= 15 is 0 Å². The van der Waals surface area contributed by atoms with Gasteiger partial charge in [0.2, 0.25) is 0 Å². The number of rotatable bonds is 7. The molecule has 2 amide bonds. The maximum Gasteiger partial charge on any atom is 0.272 e. The molecule has 0 radical (unpaired) electrons. The summed E-state index contributed by atoms with van der Waals surface area (Å²) in [6.07, 6.45) is 2.54. The molecule has 0 aliphatic heterocycles. The van der Waals surface area contributed by atoms with Crippen LogP contribution in [0.4, 0.5) is 10.2 Å². The lowest BCUT2D eigenvalue weighted by Crippen LogP contribution is -2.23. The van der Waals surface area contributed by atoms with Gasteiger partial charge in [-0.15, -0.1) is 0 Å². The lowest BCUT2D eigenvalue weighted by Gasteiger charge is -2.12. The first-order valence-electron chi connectivity index (χ1n) is 11.1. The average Bonchev–Trinajstić information content (AvgIpc) is 3.59. The van der Waals surface area contributed by atoms with Crippen LogP contribution < -0.4 is 10.6 Å². The van der Waals surface area contributed by atoms with Gasteiger partial charge >= 0.3 is 0 Å². The summed E-state index contributed by atoms with van der Waals surface area (Å²) in [6.45, 7) is 0.135. The first kappa shape index (κ1) is 25.1. The van der Waals surface area contributed by atoms with E-state index < -0.39 is 17.6 Å². The molecule has 0 fully saturated rings. The normalized spacial score (nSPS) is 10.8. The van der Waals surface area contributed by atoms with Gasteiger partial charge in [0.1, 0.15) is 17.3 Å². The van der Waals surface area contributed by atoms with Crippen molar-refractivity contribution < 1.29 is 14.0 Å². The van der Waals surface area contributed by atoms with Gasteiger partial charge in [0.15, 0.2) is 5.69 Å². The van der Waals surface area contributed by atoms with Gasteiger partial charge in [-0.3, -0.25) is 14.6 Å². The lowest BCUT2D eigenvalue weighted by atomic mass is 10.1. The fourth-order valence-corrected chi connectivity index (χ4v) is 4.12. The third-order valence-corrected chi connectivity index (χ3v) is 6.01. The Kier molecular flexibility index (Phi) is 7.11. The number of nitrogens with zero attached hydrogens (tertiary/aromatic N) is 5. The number of benzene rings is 2. The maximum absolute atomic E-state index is 13.3. The zero-order chi connectivity index (χ0) is 26.6. The molecule has 0 spiro atoms. The van der Waals surface area contributed by atoms with Crippen molar-refractivity contribution >= 4 is 40.8 Å². The molecule has 0 saturated heterocycles. The molecule has 0 aliphatic rings. The molecule has 0 aliphatic carbocycles. The molecular formula is C25H17Cl2FN8O2. The Morgan fingerprint density at radius 2 is 1.79 bits per heavy atom. The van der Waals surface area contributed by atoms with Gasteiger partial charge in [0.05, 0.1) is 45.9 Å². The molecule has 0 saturated carbocycles. The van der Waals surface area contributed by atoms with E-state index in [0.717, 1.165) is 6.20 Å². The van der Waals surface area contributed by atoms with E-state index in [1.807, 2.05) is 6.07 Å². The SMILES string of the molecule is O=C(NCc1cn[nH]n1)c1cc(NC(=O)c2cc(-c3ccc(F)cn3)c(Cl)cc2Cl)n(-c2ccccc2)n1. The van der Waals surface area contributed by atoms with Crippen LogP contribution in [-0.2, 0) is 6.54 Å². The first-order valence-corrected chi connectivity index (χ1v) is 11.9. The smallest absolute Gasteiger partial charge is 0.272 e. The van der Waals surface area contributed by atoms with Gasteiger partial charge in [-0.1, -0.05) is 41.4 Å². The molecule has 3 aromatic heterocycles. The molecule has 0 bridgehead atoms. The largest absolute Gasteiger partial charge is 0.345 e. The van der Waals surface area contributed by atoms with Crippen LogP contribution in [0.1, 0.15) is 26.5 Å². The summed E-state index contributed by atoms with van der Waals surface area (Å²) in [6, 6.07) is 16.0. The highest BCUT2D eigenvalue weighted by molar-refractivity contribution is 6.38. The second kappa shape index (κ2) is 10.8. The van der Waals surface area contributed by atoms with E-state index in [1.165, 1.54) is 41.2 Å². The van der Waals surface area contributed by atoms with Crippen molar-refractivity contribution in [2.75, 3.05) is 5.32 Å². The number of H-pyrrole nitrogens is 1. The summed E-state index contributed by atoms with van der Waals surface area (Å²) in [5.74, 6) is -1.35. The standard InChI is InChI=1S/C25H17Cl2FN8O2/c26-19-9-20(27)18(8-17(19)21-7-6-14(28)11-29-21)24(37)32-23-10-22(25(38)30-12-15-13-31-35-33-15)34-36(23)16-4-2-1-3-5-16/h1-11,13H,12H2,(H,30,38)(H,32,37)(H,31,33,35). The number of aromatic amines is 1. The lowest BCUT2D eigenvalue weighted by molar-refractivity contribution is 0.0944. The van der Waals surface area contributed by atoms with Crippen molar-refractivity contribution in [3.05, 3.63) is 106 Å². The molecule has 13 heteroatoms. The van der Waals surface area contributed by atoms with Gasteiger partial charge in [0.25, 0.3) is 11.8 Å². The van der Waals surface area contributed by atoms with Gasteiger partial charge in [-0.25, -0.2) is 9.07 Å². The van der Waals surface area contributed by atoms with Crippen molar-refractivity contribution in [2.24, 2.45) is 0 Å². The number of carbonyl (C=O) groups excluding carboxylic acids is 2. The Morgan fingerprint density at radius 1 is 0.974 bits per heavy atom. The molecule has 190 valence electrons. The minimum atomic E-state index is -0.582. The number of nitrogens with one attached hydrogen (secondary N) is 3. The number of amides is 2. The van der Waals surface area contributed by atoms with E-state index in [4.69, 9.17) is 23.2 Å². The number of pyridine rings is 1. The number of carbonyl (C=O) groups is 2. The Balaban J connectivity index is 1.46. The summed E-state index contributed by atoms with van der Waals surface area (Å²) >= 11 is 12.7. The summed E-state index contributed by atoms with van der Waals surface area (Å²) in [7, 11) is 0. The number of hydrogen-bond donors (Lipinski definition) is 3. The number of para-hydroxylation sites is 1. The van der Waals surface area contributed by atoms with E-state index in [1.54, 1.807) is 24.3 Å². The number of anilines is 1. The van der Waals surface area contributed by atoms with Crippen LogP contribution in [0.25, 0.3) is 16.9 Å². The van der Waals surface area contributed by atoms with Gasteiger partial charge < -0.3 is 10.6 Å². The minimum Gasteiger partial charge on any atom is -0.345 e. The fraction of sp³-hybridized carbons (Fsp3) is 0.0400. The molecule has 5 aromatic rings. The highest BCUT2D eigenvalue weighted by Crippen LogP contribution is 2.32. The highest BCUT2D eigenvalue weighted by Gasteiger charge is 2.21. The molecule has 0 unspecified atom stereocenters. The third kappa shape index (κ3) is 5.38. The Bertz CT molecular complexity index is 1610. The second-order valence-corrected chi connectivity index (χ2v) is 8.75. The van der Waals surface area contributed by atoms with Crippen molar-refractivity contribution in [3.63, 3.8) is 0 Å². The van der Waals surface area contributed by atoms with Gasteiger partial charge in [-0.05, 0) is 36.4 Å². The number of halogens is 3. The number of aromatic nitrogens is 6. The maximum atomic E-state index is 13.3. The van der Waals surface area contributed by atoms with Crippen LogP contribution in [0.2, 0.25) is 10.0 Å². The molecule has 10 nitrogen and oxygen atoms in total. The van der Waals surface area contributed by atoms with Crippen LogP contribution in [-0.4, -0.2) is 42.0 Å². The van der Waals surface area contributed by atoms with Crippen LogP contribution in [0, 0.1) is 5.82 Å². The van der Waals surface area contributed by atoms with Crippen molar-refractivity contribution in [2.45, 2.75) is 6.54 Å². The topological polar surface area (TPSA) is 130 Å². The Labute approximate surface area is 224 Å². The summed E-state index contributed by atoms with van der Waals surface area (Å²) < 4.78 is 14.8. The molecule has 5 rings (SSSR count). The molecule has 3 N–H and O–H groups in total. The highest BCUT2D eigenvalue weighted by atomic mass is 35.5. The van der Waals surface area contributed by atoms with Crippen LogP contribution in [0.5, 0.6) is 0 Å².